The number of oxazole rings is 1. The number of rotatable bonds is 5. The molecule has 2 aromatic heterocycles. The fourth-order valence-corrected chi connectivity index (χ4v) is 3.17. The van der Waals surface area contributed by atoms with Gasteiger partial charge in [0.2, 0.25) is 11.8 Å². The Morgan fingerprint density at radius 1 is 1.07 bits per heavy atom. The minimum atomic E-state index is -9.78. The van der Waals surface area contributed by atoms with E-state index in [1.807, 2.05) is 0 Å². The molecule has 0 bridgehead atoms. The van der Waals surface area contributed by atoms with Crippen LogP contribution in [0.5, 0.6) is 0 Å². The maximum absolute atomic E-state index is 13.1. The molecule has 12 heteroatoms. The maximum Gasteiger partial charge on any atom is 0.310 e. The molecule has 0 saturated heterocycles. The second-order valence-corrected chi connectivity index (χ2v) is 8.11. The van der Waals surface area contributed by atoms with E-state index in [-0.39, 0.29) is 35.5 Å². The van der Waals surface area contributed by atoms with E-state index >= 15 is 0 Å². The normalized spacial score (nSPS) is 14.4. The Morgan fingerprint density at radius 3 is 2.37 bits per heavy atom. The number of nitrogen functional groups attached to an aromatic ring is 1. The van der Waals surface area contributed by atoms with Crippen LogP contribution in [-0.2, 0) is 6.54 Å². The van der Waals surface area contributed by atoms with Gasteiger partial charge in [0.25, 0.3) is 0 Å². The van der Waals surface area contributed by atoms with Gasteiger partial charge in [-0.1, -0.05) is 19.4 Å². The second-order valence-electron chi connectivity index (χ2n) is 5.70. The molecule has 0 amide bonds. The van der Waals surface area contributed by atoms with Gasteiger partial charge in [0.1, 0.15) is 23.5 Å². The molecule has 27 heavy (non-hydrogen) atoms. The number of hydrogen-bond donors (Lipinski definition) is 1. The molecule has 0 saturated carbocycles. The molecular formula is C15H14F5N5OS. The Balaban J connectivity index is 2.10. The van der Waals surface area contributed by atoms with E-state index in [1.54, 1.807) is 0 Å². The van der Waals surface area contributed by atoms with E-state index in [0.29, 0.717) is 12.1 Å². The van der Waals surface area contributed by atoms with Crippen molar-refractivity contribution in [1.82, 2.24) is 15.0 Å². The molecule has 0 aliphatic carbocycles. The van der Waals surface area contributed by atoms with Crippen molar-refractivity contribution in [1.29, 1.82) is 0 Å². The van der Waals surface area contributed by atoms with Crippen LogP contribution in [0.1, 0.15) is 11.5 Å². The molecule has 0 aliphatic rings. The average molecular weight is 407 g/mol. The van der Waals surface area contributed by atoms with Gasteiger partial charge >= 0.3 is 10.2 Å². The molecule has 6 nitrogen and oxygen atoms in total. The van der Waals surface area contributed by atoms with Crippen LogP contribution in [0.25, 0.3) is 0 Å². The predicted octanol–water partition coefficient (Wildman–Crippen LogP) is 5.35. The van der Waals surface area contributed by atoms with Crippen molar-refractivity contribution in [3.8, 4) is 0 Å². The number of hydrogen-bond acceptors (Lipinski definition) is 6. The quantitative estimate of drug-likeness (QED) is 0.574. The zero-order valence-electron chi connectivity index (χ0n) is 13.8. The lowest BCUT2D eigenvalue weighted by molar-refractivity contribution is 0.364. The third-order valence-electron chi connectivity index (χ3n) is 3.62. The topological polar surface area (TPSA) is 81.1 Å². The van der Waals surface area contributed by atoms with Gasteiger partial charge in [-0.2, -0.15) is 4.98 Å². The summed E-state index contributed by atoms with van der Waals surface area (Å²) in [4.78, 5) is 11.2. The molecule has 0 spiro atoms. The summed E-state index contributed by atoms with van der Waals surface area (Å²) < 4.78 is 70.5. The standard InChI is InChI=1S/C15H14F5N5OS/c1-10-8-11(27(16,17,18,19)20)2-3-12(10)25(9-14-22-6-7-26-14)13-4-5-23-15(21)24-13/h2-8H,9H2,1H3,(H2,21,23,24). The molecule has 146 valence electrons. The predicted molar refractivity (Wildman–Crippen MR) is 91.4 cm³/mol. The second kappa shape index (κ2) is 5.55. The van der Waals surface area contributed by atoms with E-state index in [9.17, 15) is 19.4 Å². The molecular weight excluding hydrogens is 393 g/mol. The van der Waals surface area contributed by atoms with Gasteiger partial charge in [0, 0.05) is 11.9 Å². The fourth-order valence-electron chi connectivity index (χ4n) is 2.44. The van der Waals surface area contributed by atoms with Gasteiger partial charge in [0.05, 0.1) is 6.20 Å². The molecule has 3 rings (SSSR count). The Bertz CT molecular complexity index is 979. The first-order valence-corrected chi connectivity index (χ1v) is 9.38. The molecule has 1 aromatic carbocycles. The third kappa shape index (κ3) is 4.27. The monoisotopic (exact) mass is 407 g/mol. The molecule has 0 aliphatic heterocycles. The van der Waals surface area contributed by atoms with Crippen LogP contribution in [0.3, 0.4) is 0 Å². The van der Waals surface area contributed by atoms with Crippen molar-refractivity contribution >= 4 is 27.7 Å². The summed E-state index contributed by atoms with van der Waals surface area (Å²) in [7, 11) is -9.78. The van der Waals surface area contributed by atoms with E-state index in [2.05, 4.69) is 15.0 Å². The zero-order valence-corrected chi connectivity index (χ0v) is 14.6. The number of aryl methyl sites for hydroxylation is 1. The van der Waals surface area contributed by atoms with Crippen LogP contribution >= 0.6 is 10.2 Å². The number of aromatic nitrogens is 3. The lowest BCUT2D eigenvalue weighted by Crippen LogP contribution is -2.20. The van der Waals surface area contributed by atoms with Crippen molar-refractivity contribution in [3.05, 3.63) is 54.4 Å². The minimum Gasteiger partial charge on any atom is -0.447 e. The number of anilines is 3. The SMILES string of the molecule is Cc1cc(S(F)(F)(F)(F)F)ccc1N(Cc1ncco1)c1ccnc(N)n1. The van der Waals surface area contributed by atoms with Crippen LogP contribution in [-0.4, -0.2) is 15.0 Å². The Kier molecular flexibility index (Phi) is 3.88. The smallest absolute Gasteiger partial charge is 0.310 e. The van der Waals surface area contributed by atoms with Gasteiger partial charge in [-0.15, -0.1) is 0 Å². The highest BCUT2D eigenvalue weighted by Gasteiger charge is 2.65. The number of benzene rings is 1. The van der Waals surface area contributed by atoms with Gasteiger partial charge in [-0.3, -0.25) is 0 Å². The van der Waals surface area contributed by atoms with Gasteiger partial charge in [0.15, 0.2) is 0 Å². The van der Waals surface area contributed by atoms with Crippen LogP contribution < -0.4 is 10.6 Å². The summed E-state index contributed by atoms with van der Waals surface area (Å²) in [6, 6.07) is 3.17. The van der Waals surface area contributed by atoms with E-state index in [1.165, 1.54) is 36.5 Å². The first-order chi connectivity index (χ1) is 12.3. The summed E-state index contributed by atoms with van der Waals surface area (Å²) in [6.45, 7) is 1.27. The zero-order chi connectivity index (χ0) is 19.9. The van der Waals surface area contributed by atoms with E-state index in [4.69, 9.17) is 10.2 Å². The maximum atomic E-state index is 13.1. The lowest BCUT2D eigenvalue weighted by atomic mass is 10.1. The third-order valence-corrected chi connectivity index (χ3v) is 4.76. The van der Waals surface area contributed by atoms with Gasteiger partial charge in [-0.25, -0.2) is 9.97 Å². The number of nitrogens with two attached hydrogens (primary N) is 1. The number of nitrogens with zero attached hydrogens (tertiary/aromatic N) is 4. The highest BCUT2D eigenvalue weighted by Crippen LogP contribution is 3.02. The molecule has 2 N–H and O–H groups in total. The molecule has 2 heterocycles. The first kappa shape index (κ1) is 18.9. The Hall–Kier alpha value is -2.89. The summed E-state index contributed by atoms with van der Waals surface area (Å²) in [5, 5.41) is 0. The summed E-state index contributed by atoms with van der Waals surface area (Å²) >= 11 is 0. The van der Waals surface area contributed by atoms with E-state index in [0.717, 1.165) is 6.07 Å². The van der Waals surface area contributed by atoms with Crippen molar-refractivity contribution < 1.29 is 23.8 Å². The fraction of sp³-hybridized carbons (Fsp3) is 0.133. The molecule has 0 unspecified atom stereocenters. The number of halogens is 5. The van der Waals surface area contributed by atoms with Crippen molar-refractivity contribution in [2.45, 2.75) is 18.4 Å². The highest BCUT2D eigenvalue weighted by molar-refractivity contribution is 8.45. The largest absolute Gasteiger partial charge is 0.447 e. The Labute approximate surface area is 150 Å². The van der Waals surface area contributed by atoms with Crippen molar-refractivity contribution in [3.63, 3.8) is 0 Å². The lowest BCUT2D eigenvalue weighted by Gasteiger charge is -2.41. The highest BCUT2D eigenvalue weighted by atomic mass is 32.5. The molecule has 0 fully saturated rings. The van der Waals surface area contributed by atoms with Crippen molar-refractivity contribution in [2.24, 2.45) is 0 Å². The summed E-state index contributed by atoms with van der Waals surface area (Å²) in [6.07, 6.45) is 4.08. The Morgan fingerprint density at radius 2 is 1.81 bits per heavy atom. The van der Waals surface area contributed by atoms with Crippen molar-refractivity contribution in [2.75, 3.05) is 10.6 Å². The molecule has 3 aromatic rings. The first-order valence-electron chi connectivity index (χ1n) is 7.43. The summed E-state index contributed by atoms with van der Waals surface area (Å²) in [5.74, 6) is 0.415. The van der Waals surface area contributed by atoms with Crippen LogP contribution in [0.15, 0.2) is 52.2 Å². The molecule has 0 radical (unpaired) electrons. The van der Waals surface area contributed by atoms with E-state index < -0.39 is 15.1 Å². The van der Waals surface area contributed by atoms with Gasteiger partial charge < -0.3 is 15.1 Å². The molecule has 0 atom stereocenters. The van der Waals surface area contributed by atoms with Gasteiger partial charge in [-0.05, 0) is 36.8 Å². The van der Waals surface area contributed by atoms with Crippen LogP contribution in [0.2, 0.25) is 0 Å². The van der Waals surface area contributed by atoms with Crippen LogP contribution in [0.4, 0.5) is 36.9 Å². The van der Waals surface area contributed by atoms with Crippen LogP contribution in [0, 0.1) is 6.92 Å². The average Bonchev–Trinajstić information content (AvgIpc) is 3.04. The summed E-state index contributed by atoms with van der Waals surface area (Å²) in [5.41, 5.74) is 5.74. The minimum absolute atomic E-state index is 0.0138.